The number of hydrogen-bond acceptors (Lipinski definition) is 4. The van der Waals surface area contributed by atoms with Crippen LogP contribution in [-0.2, 0) is 14.8 Å². The van der Waals surface area contributed by atoms with E-state index in [0.29, 0.717) is 5.75 Å². The number of nitrogens with zero attached hydrogens (tertiary/aromatic N) is 1. The third-order valence-electron chi connectivity index (χ3n) is 3.58. The van der Waals surface area contributed by atoms with E-state index >= 15 is 0 Å². The fourth-order valence-electron chi connectivity index (χ4n) is 2.35. The summed E-state index contributed by atoms with van der Waals surface area (Å²) in [6.45, 7) is 1.98. The molecule has 20 heavy (non-hydrogen) atoms. The lowest BCUT2D eigenvalue weighted by atomic mass is 9.99. The van der Waals surface area contributed by atoms with Crippen LogP contribution in [0, 0.1) is 11.8 Å². The highest BCUT2D eigenvalue weighted by Gasteiger charge is 2.40. The maximum atomic E-state index is 12.5. The predicted octanol–water partition coefficient (Wildman–Crippen LogP) is 1.04. The van der Waals surface area contributed by atoms with E-state index in [9.17, 15) is 13.2 Å². The molecule has 1 heterocycles. The molecule has 1 saturated heterocycles. The second-order valence-electron chi connectivity index (χ2n) is 4.92. The van der Waals surface area contributed by atoms with E-state index < -0.39 is 21.9 Å². The average molecular weight is 299 g/mol. The van der Waals surface area contributed by atoms with Crippen LogP contribution in [0.3, 0.4) is 0 Å². The van der Waals surface area contributed by atoms with Crippen LogP contribution in [0.25, 0.3) is 0 Å². The number of benzene rings is 1. The van der Waals surface area contributed by atoms with Crippen LogP contribution < -0.4 is 4.74 Å². The molecular weight excluding hydrogens is 282 g/mol. The van der Waals surface area contributed by atoms with Gasteiger partial charge in [0.25, 0.3) is 0 Å². The number of aliphatic carboxylic acids is 1. The van der Waals surface area contributed by atoms with Crippen molar-refractivity contribution in [3.63, 3.8) is 0 Å². The van der Waals surface area contributed by atoms with Gasteiger partial charge in [0.15, 0.2) is 0 Å². The van der Waals surface area contributed by atoms with E-state index in [1.165, 1.54) is 23.5 Å². The topological polar surface area (TPSA) is 83.9 Å². The smallest absolute Gasteiger partial charge is 0.308 e. The van der Waals surface area contributed by atoms with Crippen LogP contribution in [0.4, 0.5) is 0 Å². The molecule has 0 aliphatic carbocycles. The van der Waals surface area contributed by atoms with Gasteiger partial charge < -0.3 is 9.84 Å². The number of carboxylic acid groups (broad SMARTS) is 1. The maximum Gasteiger partial charge on any atom is 0.308 e. The molecule has 1 N–H and O–H groups in total. The molecule has 2 atom stereocenters. The molecule has 1 aromatic rings. The number of carbonyl (C=O) groups is 1. The Morgan fingerprint density at radius 1 is 1.40 bits per heavy atom. The van der Waals surface area contributed by atoms with Gasteiger partial charge in [0.05, 0.1) is 17.9 Å². The quantitative estimate of drug-likeness (QED) is 0.898. The van der Waals surface area contributed by atoms with Crippen LogP contribution in [0.5, 0.6) is 5.75 Å². The lowest BCUT2D eigenvalue weighted by Crippen LogP contribution is -2.30. The summed E-state index contributed by atoms with van der Waals surface area (Å²) in [5, 5.41) is 9.08. The molecule has 0 spiro atoms. The molecule has 2 unspecified atom stereocenters. The molecular formula is C13H17NO5S. The molecule has 1 aromatic carbocycles. The Hall–Kier alpha value is -1.60. The zero-order valence-corrected chi connectivity index (χ0v) is 12.1. The molecule has 0 aromatic heterocycles. The number of sulfonamides is 1. The molecule has 0 amide bonds. The number of methoxy groups -OCH3 is 1. The first-order chi connectivity index (χ1) is 9.36. The third-order valence-corrected chi connectivity index (χ3v) is 5.40. The standard InChI is InChI=1S/C13H17NO5S/c1-9-7-14(8-12(9)13(15)16)20(17,18)11-5-3-4-10(6-11)19-2/h3-6,9,12H,7-8H2,1-2H3,(H,15,16). The van der Waals surface area contributed by atoms with Gasteiger partial charge in [-0.15, -0.1) is 0 Å². The minimum Gasteiger partial charge on any atom is -0.497 e. The minimum atomic E-state index is -3.68. The molecule has 1 fully saturated rings. The highest BCUT2D eigenvalue weighted by Crippen LogP contribution is 2.29. The normalized spacial score (nSPS) is 23.7. The van der Waals surface area contributed by atoms with Crippen molar-refractivity contribution >= 4 is 16.0 Å². The van der Waals surface area contributed by atoms with Gasteiger partial charge in [0.1, 0.15) is 5.75 Å². The van der Waals surface area contributed by atoms with Gasteiger partial charge in [-0.3, -0.25) is 4.79 Å². The summed E-state index contributed by atoms with van der Waals surface area (Å²) in [6.07, 6.45) is 0. The van der Waals surface area contributed by atoms with Gasteiger partial charge in [-0.25, -0.2) is 8.42 Å². The molecule has 1 aliphatic rings. The molecule has 1 aliphatic heterocycles. The predicted molar refractivity (Wildman–Crippen MR) is 72.0 cm³/mol. The number of ether oxygens (including phenoxy) is 1. The highest BCUT2D eigenvalue weighted by atomic mass is 32.2. The first kappa shape index (κ1) is 14.8. The van der Waals surface area contributed by atoms with Gasteiger partial charge in [-0.2, -0.15) is 4.31 Å². The van der Waals surface area contributed by atoms with E-state index in [0.717, 1.165) is 0 Å². The maximum absolute atomic E-state index is 12.5. The second kappa shape index (κ2) is 5.41. The van der Waals surface area contributed by atoms with Gasteiger partial charge in [0.2, 0.25) is 10.0 Å². The first-order valence-corrected chi connectivity index (χ1v) is 7.67. The minimum absolute atomic E-state index is 0.00996. The summed E-state index contributed by atoms with van der Waals surface area (Å²) in [5.41, 5.74) is 0. The largest absolute Gasteiger partial charge is 0.497 e. The van der Waals surface area contributed by atoms with E-state index in [1.807, 2.05) is 0 Å². The van der Waals surface area contributed by atoms with Crippen LogP contribution in [0.1, 0.15) is 6.92 Å². The second-order valence-corrected chi connectivity index (χ2v) is 6.86. The third kappa shape index (κ3) is 2.64. The SMILES string of the molecule is COc1cccc(S(=O)(=O)N2CC(C)C(C(=O)O)C2)c1. The van der Waals surface area contributed by atoms with Gasteiger partial charge in [-0.1, -0.05) is 13.0 Å². The van der Waals surface area contributed by atoms with Crippen molar-refractivity contribution in [2.45, 2.75) is 11.8 Å². The summed E-state index contributed by atoms with van der Waals surface area (Å²) in [5.74, 6) is -1.36. The summed E-state index contributed by atoms with van der Waals surface area (Å²) >= 11 is 0. The molecule has 7 heteroatoms. The highest BCUT2D eigenvalue weighted by molar-refractivity contribution is 7.89. The number of carboxylic acids is 1. The summed E-state index contributed by atoms with van der Waals surface area (Å²) in [4.78, 5) is 11.2. The van der Waals surface area contributed by atoms with E-state index in [4.69, 9.17) is 9.84 Å². The fraction of sp³-hybridized carbons (Fsp3) is 0.462. The Morgan fingerprint density at radius 3 is 2.65 bits per heavy atom. The fourth-order valence-corrected chi connectivity index (χ4v) is 3.95. The van der Waals surface area contributed by atoms with Crippen molar-refractivity contribution in [2.75, 3.05) is 20.2 Å². The van der Waals surface area contributed by atoms with E-state index in [1.54, 1.807) is 19.1 Å². The zero-order chi connectivity index (χ0) is 14.9. The van der Waals surface area contributed by atoms with Crippen LogP contribution in [0.2, 0.25) is 0 Å². The monoisotopic (exact) mass is 299 g/mol. The van der Waals surface area contributed by atoms with Crippen LogP contribution >= 0.6 is 0 Å². The molecule has 0 radical (unpaired) electrons. The number of rotatable bonds is 4. The van der Waals surface area contributed by atoms with Crippen LogP contribution in [-0.4, -0.2) is 44.0 Å². The summed E-state index contributed by atoms with van der Waals surface area (Å²) in [6, 6.07) is 6.18. The Bertz CT molecular complexity index is 613. The molecule has 2 rings (SSSR count). The summed E-state index contributed by atoms with van der Waals surface area (Å²) in [7, 11) is -2.22. The Morgan fingerprint density at radius 2 is 2.10 bits per heavy atom. The molecule has 0 saturated carbocycles. The van der Waals surface area contributed by atoms with Crippen molar-refractivity contribution in [3.05, 3.63) is 24.3 Å². The first-order valence-electron chi connectivity index (χ1n) is 6.23. The van der Waals surface area contributed by atoms with E-state index in [2.05, 4.69) is 0 Å². The average Bonchev–Trinajstić information content (AvgIpc) is 2.82. The van der Waals surface area contributed by atoms with Crippen molar-refractivity contribution in [3.8, 4) is 5.75 Å². The lowest BCUT2D eigenvalue weighted by molar-refractivity contribution is -0.142. The van der Waals surface area contributed by atoms with Gasteiger partial charge in [-0.05, 0) is 18.1 Å². The van der Waals surface area contributed by atoms with Gasteiger partial charge >= 0.3 is 5.97 Å². The molecule has 110 valence electrons. The van der Waals surface area contributed by atoms with Crippen molar-refractivity contribution < 1.29 is 23.1 Å². The zero-order valence-electron chi connectivity index (χ0n) is 11.3. The number of hydrogen-bond donors (Lipinski definition) is 1. The lowest BCUT2D eigenvalue weighted by Gasteiger charge is -2.16. The van der Waals surface area contributed by atoms with Crippen molar-refractivity contribution in [1.29, 1.82) is 0 Å². The van der Waals surface area contributed by atoms with Crippen molar-refractivity contribution in [1.82, 2.24) is 4.31 Å². The Labute approximate surface area is 118 Å². The molecule has 0 bridgehead atoms. The Balaban J connectivity index is 2.29. The van der Waals surface area contributed by atoms with Crippen molar-refractivity contribution in [2.24, 2.45) is 11.8 Å². The van der Waals surface area contributed by atoms with E-state index in [-0.39, 0.29) is 23.9 Å². The molecule has 6 nitrogen and oxygen atoms in total. The Kier molecular flexibility index (Phi) is 4.01. The van der Waals surface area contributed by atoms with Gasteiger partial charge in [0, 0.05) is 19.2 Å². The summed E-state index contributed by atoms with van der Waals surface area (Å²) < 4.78 is 31.2. The van der Waals surface area contributed by atoms with Crippen LogP contribution in [0.15, 0.2) is 29.2 Å².